The molecule has 1 saturated carbocycles. The lowest BCUT2D eigenvalue weighted by Crippen LogP contribution is -2.19. The molecule has 1 aromatic heterocycles. The molecule has 90 valence electrons. The van der Waals surface area contributed by atoms with Gasteiger partial charge in [0.05, 0.1) is 0 Å². The highest BCUT2D eigenvalue weighted by atomic mass is 16.4. The summed E-state index contributed by atoms with van der Waals surface area (Å²) in [5, 5.41) is 11.6. The standard InChI is InChI=1S/C12H21N3O/c1-3-9(2)8-12-15-14-11(16-12)6-7-13-10-4-5-10/h9-10,13H,3-8H2,1-2H3. The Labute approximate surface area is 96.8 Å². The van der Waals surface area contributed by atoms with Crippen molar-refractivity contribution in [2.45, 2.75) is 52.0 Å². The van der Waals surface area contributed by atoms with Crippen molar-refractivity contribution in [3.05, 3.63) is 11.8 Å². The van der Waals surface area contributed by atoms with E-state index in [4.69, 9.17) is 4.42 Å². The molecule has 1 aliphatic carbocycles. The maximum Gasteiger partial charge on any atom is 0.217 e. The van der Waals surface area contributed by atoms with Gasteiger partial charge in [-0.3, -0.25) is 0 Å². The molecule has 0 amide bonds. The minimum atomic E-state index is 0.623. The summed E-state index contributed by atoms with van der Waals surface area (Å²) in [6.45, 7) is 5.34. The number of nitrogens with one attached hydrogen (secondary N) is 1. The Hall–Kier alpha value is -0.900. The van der Waals surface area contributed by atoms with Gasteiger partial charge in [0.25, 0.3) is 0 Å². The third-order valence-electron chi connectivity index (χ3n) is 3.08. The van der Waals surface area contributed by atoms with E-state index in [2.05, 4.69) is 29.4 Å². The van der Waals surface area contributed by atoms with Crippen LogP contribution in [-0.4, -0.2) is 22.8 Å². The molecule has 1 aliphatic rings. The van der Waals surface area contributed by atoms with Gasteiger partial charge in [-0.1, -0.05) is 20.3 Å². The molecule has 16 heavy (non-hydrogen) atoms. The molecular formula is C12H21N3O. The van der Waals surface area contributed by atoms with Gasteiger partial charge in [0.1, 0.15) is 0 Å². The fraction of sp³-hybridized carbons (Fsp3) is 0.833. The van der Waals surface area contributed by atoms with Gasteiger partial charge < -0.3 is 9.73 Å². The molecule has 1 atom stereocenters. The Morgan fingerprint density at radius 1 is 1.38 bits per heavy atom. The molecule has 1 N–H and O–H groups in total. The first kappa shape index (κ1) is 11.6. The Bertz CT molecular complexity index is 320. The minimum absolute atomic E-state index is 0.623. The number of aromatic nitrogens is 2. The first-order chi connectivity index (χ1) is 7.78. The van der Waals surface area contributed by atoms with Gasteiger partial charge in [-0.15, -0.1) is 10.2 Å². The predicted molar refractivity (Wildman–Crippen MR) is 62.2 cm³/mol. The second-order valence-corrected chi connectivity index (χ2v) is 4.79. The van der Waals surface area contributed by atoms with Crippen LogP contribution in [-0.2, 0) is 12.8 Å². The van der Waals surface area contributed by atoms with Crippen LogP contribution < -0.4 is 5.32 Å². The molecule has 1 aromatic rings. The van der Waals surface area contributed by atoms with Crippen LogP contribution in [0.5, 0.6) is 0 Å². The van der Waals surface area contributed by atoms with Crippen molar-refractivity contribution < 1.29 is 4.42 Å². The van der Waals surface area contributed by atoms with Gasteiger partial charge >= 0.3 is 0 Å². The zero-order valence-corrected chi connectivity index (χ0v) is 10.2. The van der Waals surface area contributed by atoms with Crippen molar-refractivity contribution in [2.24, 2.45) is 5.92 Å². The second kappa shape index (κ2) is 5.43. The second-order valence-electron chi connectivity index (χ2n) is 4.79. The Morgan fingerprint density at radius 2 is 2.12 bits per heavy atom. The fourth-order valence-electron chi connectivity index (χ4n) is 1.58. The Morgan fingerprint density at radius 3 is 2.81 bits per heavy atom. The fourth-order valence-corrected chi connectivity index (χ4v) is 1.58. The van der Waals surface area contributed by atoms with E-state index in [1.165, 1.54) is 12.8 Å². The van der Waals surface area contributed by atoms with E-state index < -0.39 is 0 Å². The van der Waals surface area contributed by atoms with Crippen LogP contribution in [0, 0.1) is 5.92 Å². The molecule has 2 rings (SSSR count). The van der Waals surface area contributed by atoms with Crippen molar-refractivity contribution in [1.29, 1.82) is 0 Å². The number of hydrogen-bond acceptors (Lipinski definition) is 4. The van der Waals surface area contributed by atoms with Gasteiger partial charge in [0.15, 0.2) is 0 Å². The summed E-state index contributed by atoms with van der Waals surface area (Å²) >= 11 is 0. The summed E-state index contributed by atoms with van der Waals surface area (Å²) in [7, 11) is 0. The molecule has 0 radical (unpaired) electrons. The Kier molecular flexibility index (Phi) is 3.93. The van der Waals surface area contributed by atoms with Crippen LogP contribution >= 0.6 is 0 Å². The number of hydrogen-bond donors (Lipinski definition) is 1. The van der Waals surface area contributed by atoms with E-state index in [9.17, 15) is 0 Å². The molecule has 1 unspecified atom stereocenters. The lowest BCUT2D eigenvalue weighted by atomic mass is 10.1. The third kappa shape index (κ3) is 3.59. The first-order valence-electron chi connectivity index (χ1n) is 6.32. The topological polar surface area (TPSA) is 51.0 Å². The summed E-state index contributed by atoms with van der Waals surface area (Å²) in [5.74, 6) is 2.18. The highest BCUT2D eigenvalue weighted by Gasteiger charge is 2.20. The van der Waals surface area contributed by atoms with E-state index >= 15 is 0 Å². The zero-order chi connectivity index (χ0) is 11.4. The van der Waals surface area contributed by atoms with E-state index in [0.29, 0.717) is 5.92 Å². The average Bonchev–Trinajstić information content (AvgIpc) is 2.99. The maximum absolute atomic E-state index is 5.60. The molecular weight excluding hydrogens is 202 g/mol. The molecule has 0 saturated heterocycles. The van der Waals surface area contributed by atoms with Crippen molar-refractivity contribution in [3.8, 4) is 0 Å². The molecule has 4 heteroatoms. The lowest BCUT2D eigenvalue weighted by Gasteiger charge is -2.02. The summed E-state index contributed by atoms with van der Waals surface area (Å²) < 4.78 is 5.60. The lowest BCUT2D eigenvalue weighted by molar-refractivity contribution is 0.408. The number of nitrogens with zero attached hydrogens (tertiary/aromatic N) is 2. The molecule has 1 fully saturated rings. The van der Waals surface area contributed by atoms with Crippen LogP contribution in [0.25, 0.3) is 0 Å². The van der Waals surface area contributed by atoms with E-state index in [-0.39, 0.29) is 0 Å². The highest BCUT2D eigenvalue weighted by Crippen LogP contribution is 2.18. The van der Waals surface area contributed by atoms with Gasteiger partial charge in [0.2, 0.25) is 11.8 Å². The molecule has 0 aliphatic heterocycles. The van der Waals surface area contributed by atoms with Crippen molar-refractivity contribution in [2.75, 3.05) is 6.54 Å². The summed E-state index contributed by atoms with van der Waals surface area (Å²) in [4.78, 5) is 0. The van der Waals surface area contributed by atoms with Gasteiger partial charge in [-0.25, -0.2) is 0 Å². The van der Waals surface area contributed by atoms with Crippen LogP contribution in [0.2, 0.25) is 0 Å². The zero-order valence-electron chi connectivity index (χ0n) is 10.2. The quantitative estimate of drug-likeness (QED) is 0.767. The van der Waals surface area contributed by atoms with Gasteiger partial charge in [-0.2, -0.15) is 0 Å². The van der Waals surface area contributed by atoms with Crippen molar-refractivity contribution in [1.82, 2.24) is 15.5 Å². The van der Waals surface area contributed by atoms with Gasteiger partial charge in [-0.05, 0) is 18.8 Å². The summed E-state index contributed by atoms with van der Waals surface area (Å²) in [6.07, 6.45) is 5.55. The Balaban J connectivity index is 1.72. The first-order valence-corrected chi connectivity index (χ1v) is 6.32. The minimum Gasteiger partial charge on any atom is -0.425 e. The smallest absolute Gasteiger partial charge is 0.217 e. The highest BCUT2D eigenvalue weighted by molar-refractivity contribution is 4.86. The SMILES string of the molecule is CCC(C)Cc1nnc(CCNC2CC2)o1. The normalized spacial score (nSPS) is 17.6. The van der Waals surface area contributed by atoms with Crippen LogP contribution in [0.4, 0.5) is 0 Å². The molecule has 4 nitrogen and oxygen atoms in total. The van der Waals surface area contributed by atoms with Crippen molar-refractivity contribution in [3.63, 3.8) is 0 Å². The van der Waals surface area contributed by atoms with E-state index in [0.717, 1.165) is 43.6 Å². The third-order valence-corrected chi connectivity index (χ3v) is 3.08. The summed E-state index contributed by atoms with van der Waals surface area (Å²) in [6, 6.07) is 0.752. The van der Waals surface area contributed by atoms with Crippen LogP contribution in [0.1, 0.15) is 44.9 Å². The molecule has 0 bridgehead atoms. The van der Waals surface area contributed by atoms with Crippen LogP contribution in [0.3, 0.4) is 0 Å². The maximum atomic E-state index is 5.60. The van der Waals surface area contributed by atoms with Crippen molar-refractivity contribution >= 4 is 0 Å². The molecule has 0 aromatic carbocycles. The molecule has 1 heterocycles. The average molecular weight is 223 g/mol. The molecule has 0 spiro atoms. The van der Waals surface area contributed by atoms with E-state index in [1.807, 2.05) is 0 Å². The number of rotatable bonds is 7. The largest absolute Gasteiger partial charge is 0.425 e. The predicted octanol–water partition coefficient (Wildman–Crippen LogP) is 1.95. The summed E-state index contributed by atoms with van der Waals surface area (Å²) in [5.41, 5.74) is 0. The monoisotopic (exact) mass is 223 g/mol. The van der Waals surface area contributed by atoms with E-state index in [1.54, 1.807) is 0 Å². The van der Waals surface area contributed by atoms with Gasteiger partial charge in [0, 0.05) is 25.4 Å². The van der Waals surface area contributed by atoms with Crippen LogP contribution in [0.15, 0.2) is 4.42 Å².